The molecule has 0 aliphatic heterocycles. The van der Waals surface area contributed by atoms with Gasteiger partial charge in [0.1, 0.15) is 5.82 Å². The van der Waals surface area contributed by atoms with Gasteiger partial charge in [0, 0.05) is 24.9 Å². The average molecular weight is 233 g/mol. The summed E-state index contributed by atoms with van der Waals surface area (Å²) < 4.78 is 1.94. The van der Waals surface area contributed by atoms with Gasteiger partial charge in [0.25, 0.3) is 0 Å². The van der Waals surface area contributed by atoms with Crippen molar-refractivity contribution in [3.8, 4) is 0 Å². The van der Waals surface area contributed by atoms with Gasteiger partial charge in [0.05, 0.1) is 6.20 Å². The topological polar surface area (TPSA) is 69.1 Å². The van der Waals surface area contributed by atoms with Crippen LogP contribution in [0.4, 0.5) is 0 Å². The van der Waals surface area contributed by atoms with Gasteiger partial charge in [-0.3, -0.25) is 9.38 Å². The van der Waals surface area contributed by atoms with E-state index in [0.717, 1.165) is 24.3 Å². The largest absolute Gasteiger partial charge is 0.327 e. The first kappa shape index (κ1) is 12.0. The van der Waals surface area contributed by atoms with E-state index in [-0.39, 0.29) is 11.5 Å². The summed E-state index contributed by atoms with van der Waals surface area (Å²) in [5.41, 5.74) is 7.15. The maximum atomic E-state index is 6.15. The third-order valence-corrected chi connectivity index (χ3v) is 2.60. The smallest absolute Gasteiger partial charge is 0.179 e. The van der Waals surface area contributed by atoms with Gasteiger partial charge in [-0.2, -0.15) is 0 Å². The van der Waals surface area contributed by atoms with E-state index in [0.29, 0.717) is 0 Å². The van der Waals surface area contributed by atoms with Crippen molar-refractivity contribution in [3.05, 3.63) is 24.4 Å². The minimum absolute atomic E-state index is 0.107. The lowest BCUT2D eigenvalue weighted by Crippen LogP contribution is -2.29. The van der Waals surface area contributed by atoms with Gasteiger partial charge in [-0.1, -0.05) is 20.8 Å². The Hall–Kier alpha value is -1.49. The number of aromatic nitrogens is 4. The van der Waals surface area contributed by atoms with Gasteiger partial charge in [0.2, 0.25) is 0 Å². The fraction of sp³-hybridized carbons (Fsp3) is 0.583. The van der Waals surface area contributed by atoms with Crippen molar-refractivity contribution in [1.29, 1.82) is 0 Å². The third-order valence-electron chi connectivity index (χ3n) is 2.60. The predicted molar refractivity (Wildman–Crippen MR) is 66.5 cm³/mol. The summed E-state index contributed by atoms with van der Waals surface area (Å²) >= 11 is 0. The molecule has 1 unspecified atom stereocenters. The molecule has 2 heterocycles. The van der Waals surface area contributed by atoms with Crippen molar-refractivity contribution in [2.24, 2.45) is 11.1 Å². The van der Waals surface area contributed by atoms with E-state index in [1.165, 1.54) is 0 Å². The molecule has 0 aromatic carbocycles. The molecule has 2 rings (SSSR count). The van der Waals surface area contributed by atoms with Crippen LogP contribution in [0.2, 0.25) is 0 Å². The molecule has 1 atom stereocenters. The van der Waals surface area contributed by atoms with Crippen LogP contribution in [0.3, 0.4) is 0 Å². The van der Waals surface area contributed by atoms with Gasteiger partial charge >= 0.3 is 0 Å². The average Bonchev–Trinajstić information content (AvgIpc) is 2.59. The number of hydrogen-bond acceptors (Lipinski definition) is 4. The Balaban J connectivity index is 2.13. The summed E-state index contributed by atoms with van der Waals surface area (Å²) in [7, 11) is 0. The molecule has 0 spiro atoms. The zero-order chi connectivity index (χ0) is 12.5. The molecule has 2 N–H and O–H groups in total. The first-order valence-electron chi connectivity index (χ1n) is 5.85. The fourth-order valence-corrected chi connectivity index (χ4v) is 2.04. The van der Waals surface area contributed by atoms with Crippen LogP contribution in [0.25, 0.3) is 5.65 Å². The number of hydrogen-bond donors (Lipinski definition) is 1. The summed E-state index contributed by atoms with van der Waals surface area (Å²) in [6.45, 7) is 6.58. The highest BCUT2D eigenvalue weighted by Gasteiger charge is 2.17. The van der Waals surface area contributed by atoms with Gasteiger partial charge < -0.3 is 5.73 Å². The van der Waals surface area contributed by atoms with Crippen LogP contribution >= 0.6 is 0 Å². The standard InChI is InChI=1S/C12H19N5/c1-12(2,3)7-9(13)6-10-15-16-11-8-14-4-5-17(10)11/h4-5,8-9H,6-7,13H2,1-3H3. The Bertz CT molecular complexity index is 497. The molecule has 2 aromatic rings. The summed E-state index contributed by atoms with van der Waals surface area (Å²) in [5, 5.41) is 8.22. The Morgan fingerprint density at radius 1 is 1.35 bits per heavy atom. The molecule has 0 aliphatic rings. The highest BCUT2D eigenvalue weighted by molar-refractivity contribution is 5.33. The van der Waals surface area contributed by atoms with Gasteiger partial charge in [-0.05, 0) is 11.8 Å². The third kappa shape index (κ3) is 3.00. The lowest BCUT2D eigenvalue weighted by Gasteiger charge is -2.22. The second-order valence-electron chi connectivity index (χ2n) is 5.65. The molecule has 0 radical (unpaired) electrons. The summed E-state index contributed by atoms with van der Waals surface area (Å²) in [6, 6.07) is 0.107. The molecule has 5 heteroatoms. The summed E-state index contributed by atoms with van der Waals surface area (Å²) in [4.78, 5) is 4.01. The van der Waals surface area contributed by atoms with E-state index in [9.17, 15) is 0 Å². The minimum Gasteiger partial charge on any atom is -0.327 e. The molecule has 0 fully saturated rings. The van der Waals surface area contributed by atoms with Crippen LogP contribution in [0.5, 0.6) is 0 Å². The van der Waals surface area contributed by atoms with E-state index in [2.05, 4.69) is 36.0 Å². The monoisotopic (exact) mass is 233 g/mol. The highest BCUT2D eigenvalue weighted by atomic mass is 15.2. The van der Waals surface area contributed by atoms with E-state index >= 15 is 0 Å². The molecule has 92 valence electrons. The minimum atomic E-state index is 0.107. The maximum absolute atomic E-state index is 6.15. The lowest BCUT2D eigenvalue weighted by atomic mass is 9.87. The first-order chi connectivity index (χ1) is 7.96. The molecule has 17 heavy (non-hydrogen) atoms. The van der Waals surface area contributed by atoms with Gasteiger partial charge in [-0.15, -0.1) is 10.2 Å². The summed E-state index contributed by atoms with van der Waals surface area (Å²) in [6.07, 6.45) is 7.00. The molecule has 2 aromatic heterocycles. The number of fused-ring (bicyclic) bond motifs is 1. The molecule has 0 amide bonds. The molecular formula is C12H19N5. The van der Waals surface area contributed by atoms with Gasteiger partial charge in [0.15, 0.2) is 5.65 Å². The van der Waals surface area contributed by atoms with E-state index in [1.807, 2.05) is 10.6 Å². The zero-order valence-corrected chi connectivity index (χ0v) is 10.6. The van der Waals surface area contributed by atoms with Crippen molar-refractivity contribution >= 4 is 5.65 Å². The molecule has 0 bridgehead atoms. The summed E-state index contributed by atoms with van der Waals surface area (Å²) in [5.74, 6) is 0.902. The molecule has 0 aliphatic carbocycles. The second-order valence-corrected chi connectivity index (χ2v) is 5.65. The maximum Gasteiger partial charge on any atom is 0.179 e. The quantitative estimate of drug-likeness (QED) is 0.870. The Morgan fingerprint density at radius 3 is 2.82 bits per heavy atom. The van der Waals surface area contributed by atoms with Crippen molar-refractivity contribution in [1.82, 2.24) is 19.6 Å². The Kier molecular flexibility index (Phi) is 3.11. The van der Waals surface area contributed by atoms with Crippen LogP contribution in [0.15, 0.2) is 18.6 Å². The van der Waals surface area contributed by atoms with E-state index in [1.54, 1.807) is 12.4 Å². The molecule has 0 saturated heterocycles. The second kappa shape index (κ2) is 4.41. The Morgan fingerprint density at radius 2 is 2.12 bits per heavy atom. The van der Waals surface area contributed by atoms with E-state index in [4.69, 9.17) is 5.73 Å². The first-order valence-corrected chi connectivity index (χ1v) is 5.85. The van der Waals surface area contributed by atoms with E-state index < -0.39 is 0 Å². The number of nitrogens with two attached hydrogens (primary N) is 1. The number of rotatable bonds is 3. The van der Waals surface area contributed by atoms with Crippen LogP contribution in [0, 0.1) is 5.41 Å². The molecule has 0 saturated carbocycles. The lowest BCUT2D eigenvalue weighted by molar-refractivity contribution is 0.336. The highest BCUT2D eigenvalue weighted by Crippen LogP contribution is 2.21. The number of nitrogens with zero attached hydrogens (tertiary/aromatic N) is 4. The predicted octanol–water partition coefficient (Wildman–Crippen LogP) is 1.43. The molecular weight excluding hydrogens is 214 g/mol. The fourth-order valence-electron chi connectivity index (χ4n) is 2.04. The zero-order valence-electron chi connectivity index (χ0n) is 10.6. The Labute approximate surface area is 101 Å². The van der Waals surface area contributed by atoms with Crippen molar-refractivity contribution in [2.45, 2.75) is 39.7 Å². The van der Waals surface area contributed by atoms with Crippen molar-refractivity contribution in [3.63, 3.8) is 0 Å². The van der Waals surface area contributed by atoms with Crippen molar-refractivity contribution < 1.29 is 0 Å². The van der Waals surface area contributed by atoms with Crippen molar-refractivity contribution in [2.75, 3.05) is 0 Å². The van der Waals surface area contributed by atoms with Gasteiger partial charge in [-0.25, -0.2) is 0 Å². The van der Waals surface area contributed by atoms with Crippen LogP contribution in [0.1, 0.15) is 33.0 Å². The molecule has 5 nitrogen and oxygen atoms in total. The van der Waals surface area contributed by atoms with Crippen LogP contribution in [-0.4, -0.2) is 25.6 Å². The van der Waals surface area contributed by atoms with Crippen LogP contribution in [-0.2, 0) is 6.42 Å². The normalized spacial score (nSPS) is 14.1. The van der Waals surface area contributed by atoms with Crippen LogP contribution < -0.4 is 5.73 Å². The SMILES string of the molecule is CC(C)(C)CC(N)Cc1nnc2cnccn12.